The number of methoxy groups -OCH3 is 2. The lowest BCUT2D eigenvalue weighted by molar-refractivity contribution is -0.156. The van der Waals surface area contributed by atoms with Gasteiger partial charge in [-0.1, -0.05) is 0 Å². The van der Waals surface area contributed by atoms with E-state index in [0.717, 1.165) is 0 Å². The summed E-state index contributed by atoms with van der Waals surface area (Å²) in [6, 6.07) is 0. The lowest BCUT2D eigenvalue weighted by atomic mass is 9.87. The molecule has 0 rings (SSSR count). The second-order valence-corrected chi connectivity index (χ2v) is 3.91. The average Bonchev–Trinajstić information content (AvgIpc) is 2.12. The number of carbonyl (C=O) groups is 2. The summed E-state index contributed by atoms with van der Waals surface area (Å²) in [5, 5.41) is 9.70. The molecule has 15 heavy (non-hydrogen) atoms. The Hall–Kier alpha value is -0.940. The van der Waals surface area contributed by atoms with Gasteiger partial charge in [0.1, 0.15) is 6.61 Å². The fourth-order valence-electron chi connectivity index (χ4n) is 1.21. The molecule has 0 fully saturated rings. The zero-order chi connectivity index (χ0) is 12.1. The standard InChI is InChI=1S/C10H18O5/c1-10(2,13)8(9(12)15-4)5-7(11)6-14-3/h8,13H,5-6H2,1-4H3. The average molecular weight is 218 g/mol. The molecule has 0 saturated carbocycles. The summed E-state index contributed by atoms with van der Waals surface area (Å²) in [7, 11) is 2.62. The van der Waals surface area contributed by atoms with Gasteiger partial charge >= 0.3 is 5.97 Å². The highest BCUT2D eigenvalue weighted by molar-refractivity contribution is 5.85. The number of hydrogen-bond donors (Lipinski definition) is 1. The van der Waals surface area contributed by atoms with Crippen molar-refractivity contribution in [2.75, 3.05) is 20.8 Å². The quantitative estimate of drug-likeness (QED) is 0.642. The number of ketones is 1. The Labute approximate surface area is 89.4 Å². The molecule has 5 nitrogen and oxygen atoms in total. The lowest BCUT2D eigenvalue weighted by Gasteiger charge is -2.26. The summed E-state index contributed by atoms with van der Waals surface area (Å²) in [4.78, 5) is 22.6. The Kier molecular flexibility index (Phi) is 5.46. The van der Waals surface area contributed by atoms with Gasteiger partial charge < -0.3 is 14.6 Å². The van der Waals surface area contributed by atoms with Crippen molar-refractivity contribution >= 4 is 11.8 Å². The largest absolute Gasteiger partial charge is 0.469 e. The molecule has 0 aliphatic carbocycles. The van der Waals surface area contributed by atoms with Gasteiger partial charge in [-0.25, -0.2) is 0 Å². The van der Waals surface area contributed by atoms with E-state index in [1.807, 2.05) is 0 Å². The Morgan fingerprint density at radius 1 is 1.33 bits per heavy atom. The van der Waals surface area contributed by atoms with Crippen LogP contribution >= 0.6 is 0 Å². The zero-order valence-electron chi connectivity index (χ0n) is 9.57. The Bertz CT molecular complexity index is 228. The molecule has 0 bridgehead atoms. The van der Waals surface area contributed by atoms with E-state index in [0.29, 0.717) is 0 Å². The molecule has 0 spiro atoms. The van der Waals surface area contributed by atoms with Crippen molar-refractivity contribution < 1.29 is 24.2 Å². The highest BCUT2D eigenvalue weighted by atomic mass is 16.5. The maximum atomic E-state index is 11.3. The minimum Gasteiger partial charge on any atom is -0.469 e. The van der Waals surface area contributed by atoms with Crippen molar-refractivity contribution in [1.82, 2.24) is 0 Å². The highest BCUT2D eigenvalue weighted by Crippen LogP contribution is 2.21. The molecule has 0 aromatic heterocycles. The van der Waals surface area contributed by atoms with E-state index in [1.54, 1.807) is 0 Å². The third-order valence-corrected chi connectivity index (χ3v) is 2.08. The van der Waals surface area contributed by atoms with Gasteiger partial charge in [-0.3, -0.25) is 9.59 Å². The molecule has 0 aliphatic rings. The fourth-order valence-corrected chi connectivity index (χ4v) is 1.21. The molecule has 0 saturated heterocycles. The van der Waals surface area contributed by atoms with Crippen LogP contribution in [0.1, 0.15) is 20.3 Å². The maximum Gasteiger partial charge on any atom is 0.312 e. The first-order chi connectivity index (χ1) is 6.82. The lowest BCUT2D eigenvalue weighted by Crippen LogP contribution is -2.39. The van der Waals surface area contributed by atoms with Crippen LogP contribution in [-0.2, 0) is 19.1 Å². The number of rotatable bonds is 6. The second-order valence-electron chi connectivity index (χ2n) is 3.91. The minimum absolute atomic E-state index is 0.0659. The summed E-state index contributed by atoms with van der Waals surface area (Å²) in [5.74, 6) is -1.69. The van der Waals surface area contributed by atoms with E-state index in [4.69, 9.17) is 0 Å². The van der Waals surface area contributed by atoms with Crippen molar-refractivity contribution in [3.8, 4) is 0 Å². The van der Waals surface area contributed by atoms with Crippen LogP contribution in [0.25, 0.3) is 0 Å². The summed E-state index contributed by atoms with van der Waals surface area (Å²) in [6.45, 7) is 2.87. The number of carbonyl (C=O) groups excluding carboxylic acids is 2. The van der Waals surface area contributed by atoms with Crippen LogP contribution < -0.4 is 0 Å². The minimum atomic E-state index is -1.28. The highest BCUT2D eigenvalue weighted by Gasteiger charge is 2.35. The van der Waals surface area contributed by atoms with Gasteiger partial charge in [0, 0.05) is 13.5 Å². The summed E-state index contributed by atoms with van der Waals surface area (Å²) >= 11 is 0. The molecule has 0 aliphatic heterocycles. The molecule has 88 valence electrons. The van der Waals surface area contributed by atoms with Crippen molar-refractivity contribution in [2.45, 2.75) is 25.9 Å². The smallest absolute Gasteiger partial charge is 0.312 e. The third kappa shape index (κ3) is 4.90. The first-order valence-corrected chi connectivity index (χ1v) is 4.63. The van der Waals surface area contributed by atoms with E-state index in [-0.39, 0.29) is 18.8 Å². The Balaban J connectivity index is 4.53. The summed E-state index contributed by atoms with van der Waals surface area (Å²) in [5.41, 5.74) is -1.28. The van der Waals surface area contributed by atoms with Crippen LogP contribution in [0.15, 0.2) is 0 Å². The SMILES string of the molecule is COCC(=O)CC(C(=O)OC)C(C)(C)O. The van der Waals surface area contributed by atoms with Gasteiger partial charge in [-0.05, 0) is 13.8 Å². The van der Waals surface area contributed by atoms with Gasteiger partial charge in [0.05, 0.1) is 18.6 Å². The van der Waals surface area contributed by atoms with Crippen molar-refractivity contribution in [2.24, 2.45) is 5.92 Å². The first kappa shape index (κ1) is 14.1. The van der Waals surface area contributed by atoms with Crippen molar-refractivity contribution in [1.29, 1.82) is 0 Å². The van der Waals surface area contributed by atoms with Crippen LogP contribution in [0.4, 0.5) is 0 Å². The van der Waals surface area contributed by atoms with E-state index in [1.165, 1.54) is 28.1 Å². The predicted molar refractivity (Wildman–Crippen MR) is 53.3 cm³/mol. The predicted octanol–water partition coefficient (Wildman–Crippen LogP) is 0.152. The topological polar surface area (TPSA) is 72.8 Å². The molecule has 1 atom stereocenters. The van der Waals surface area contributed by atoms with E-state index >= 15 is 0 Å². The first-order valence-electron chi connectivity index (χ1n) is 4.63. The number of hydrogen-bond acceptors (Lipinski definition) is 5. The van der Waals surface area contributed by atoms with Crippen LogP contribution in [0.5, 0.6) is 0 Å². The summed E-state index contributed by atoms with van der Waals surface area (Å²) in [6.07, 6.45) is -0.0794. The van der Waals surface area contributed by atoms with Crippen LogP contribution in [0.3, 0.4) is 0 Å². The van der Waals surface area contributed by atoms with Crippen molar-refractivity contribution in [3.63, 3.8) is 0 Å². The molecule has 1 N–H and O–H groups in total. The van der Waals surface area contributed by atoms with E-state index < -0.39 is 17.5 Å². The monoisotopic (exact) mass is 218 g/mol. The molecule has 0 aromatic carbocycles. The van der Waals surface area contributed by atoms with Crippen LogP contribution in [0, 0.1) is 5.92 Å². The third-order valence-electron chi connectivity index (χ3n) is 2.08. The van der Waals surface area contributed by atoms with Crippen LogP contribution in [0.2, 0.25) is 0 Å². The molecular weight excluding hydrogens is 200 g/mol. The normalized spacial score (nSPS) is 13.4. The van der Waals surface area contributed by atoms with Gasteiger partial charge in [0.15, 0.2) is 5.78 Å². The Morgan fingerprint density at radius 2 is 1.87 bits per heavy atom. The van der Waals surface area contributed by atoms with Gasteiger partial charge in [-0.15, -0.1) is 0 Å². The number of aliphatic hydroxyl groups is 1. The van der Waals surface area contributed by atoms with Gasteiger partial charge in [0.2, 0.25) is 0 Å². The van der Waals surface area contributed by atoms with Gasteiger partial charge in [0.25, 0.3) is 0 Å². The molecule has 0 radical (unpaired) electrons. The van der Waals surface area contributed by atoms with Gasteiger partial charge in [-0.2, -0.15) is 0 Å². The van der Waals surface area contributed by atoms with E-state index in [2.05, 4.69) is 9.47 Å². The molecule has 0 amide bonds. The second kappa shape index (κ2) is 5.82. The molecule has 5 heteroatoms. The number of Topliss-reactive ketones (excluding diaryl/α,β-unsaturated/α-hetero) is 1. The molecule has 0 aromatic rings. The molecular formula is C10H18O5. The Morgan fingerprint density at radius 3 is 2.20 bits per heavy atom. The molecule has 1 unspecified atom stereocenters. The molecule has 0 heterocycles. The fraction of sp³-hybridized carbons (Fsp3) is 0.800. The number of esters is 1. The summed E-state index contributed by atoms with van der Waals surface area (Å²) < 4.78 is 9.17. The number of ether oxygens (including phenoxy) is 2. The van der Waals surface area contributed by atoms with E-state index in [9.17, 15) is 14.7 Å². The maximum absolute atomic E-state index is 11.3. The zero-order valence-corrected chi connectivity index (χ0v) is 9.57. The van der Waals surface area contributed by atoms with Crippen LogP contribution in [-0.4, -0.2) is 43.3 Å². The van der Waals surface area contributed by atoms with Crippen molar-refractivity contribution in [3.05, 3.63) is 0 Å².